The van der Waals surface area contributed by atoms with Crippen LogP contribution in [0.1, 0.15) is 63.9 Å². The van der Waals surface area contributed by atoms with Crippen LogP contribution in [0, 0.1) is 20.8 Å². The molecule has 0 aliphatic heterocycles. The third kappa shape index (κ3) is 12.4. The van der Waals surface area contributed by atoms with E-state index in [1.165, 1.54) is 127 Å². The standard InChI is InChI=1S/C39H22BrN3.C29H20BrN3.C26H16BrN3.C23H18BrN3/c40-24-18-20-36-31(22-24)25-9-1-2-13-30(25)38-42-41-37(43(36)38)23-17-19-29-28-12-5-8-16-34(28)39(35(29)21-23)32-14-6-3-10-26(32)27-11-4-7-15-33(27)39;1-29(2)24-10-6-5-8-20(24)21-13-11-17(15-25(21)29)27-31-32-28-22-9-4-3-7-19(22)23-16-18(30)12-14-26(23)33(27)28;27-18-14-15-24-23(16-18)20-11-5-7-13-22(20)26-29-28-25(30(24)26)21-12-6-4-10-19(21)17-8-2-1-3-9-17;1-13-10-15(3)19(11-14(13)2)23-26-25-22-18-7-5-4-6-17(18)20-12-16(24)8-9-21(20)27(22)23/h1-22H;3-16H,1-2H3;1-16H;4-12H,1-3H3. The van der Waals surface area contributed by atoms with Gasteiger partial charge in [-0.05, 0) is 228 Å². The summed E-state index contributed by atoms with van der Waals surface area (Å²) in [5.74, 6) is 3.46. The van der Waals surface area contributed by atoms with E-state index in [0.717, 1.165) is 141 Å². The third-order valence-electron chi connectivity index (χ3n) is 27.7. The summed E-state index contributed by atoms with van der Waals surface area (Å²) in [5.41, 5.74) is 33.8. The molecule has 28 rings (SSSR count). The zero-order valence-corrected chi connectivity index (χ0v) is 78.9. The van der Waals surface area contributed by atoms with E-state index in [1.807, 2.05) is 6.07 Å². The molecule has 16 heteroatoms. The zero-order chi connectivity index (χ0) is 89.4. The SMILES string of the molecule is Brc1ccc2c(c1)c1ccccc1c1nnc(-c3ccc4c(c3)C3(c5ccccc5-c5ccccc53)c3ccccc3-4)n21.Brc1ccc2c(c1)c1ccccc1c1nnc(-c3ccccc3-c3ccccc3)n21.CC1(C)c2ccccc2-c2ccc(-c3nnc4c5ccccc5c5cc(Br)ccc5n34)cc21.Cc1cc(C)c(-c2nnc3c4ccccc4c4cc(Br)ccc4n23)cc1C. The minimum atomic E-state index is -0.394. The lowest BCUT2D eigenvalue weighted by Crippen LogP contribution is -2.25. The van der Waals surface area contributed by atoms with Crippen molar-refractivity contribution in [2.24, 2.45) is 0 Å². The lowest BCUT2D eigenvalue weighted by molar-refractivity contribution is 0.660. The Morgan fingerprint density at radius 1 is 0.195 bits per heavy atom. The lowest BCUT2D eigenvalue weighted by Gasteiger charge is -2.30. The highest BCUT2D eigenvalue weighted by Gasteiger charge is 2.52. The summed E-state index contributed by atoms with van der Waals surface area (Å²) in [6.45, 7) is 11.1. The molecule has 0 atom stereocenters. The maximum absolute atomic E-state index is 4.87. The van der Waals surface area contributed by atoms with E-state index < -0.39 is 5.41 Å². The van der Waals surface area contributed by atoms with E-state index in [-0.39, 0.29) is 5.41 Å². The van der Waals surface area contributed by atoms with Gasteiger partial charge in [-0.15, -0.1) is 40.8 Å². The number of hydrogen-bond acceptors (Lipinski definition) is 8. The fourth-order valence-corrected chi connectivity index (χ4v) is 23.1. The molecule has 12 nitrogen and oxygen atoms in total. The summed E-state index contributed by atoms with van der Waals surface area (Å²) < 4.78 is 13.1. The molecule has 0 saturated carbocycles. The molecule has 3 aliphatic rings. The summed E-state index contributed by atoms with van der Waals surface area (Å²) in [6, 6.07) is 132. The van der Waals surface area contributed by atoms with Crippen molar-refractivity contribution in [2.45, 2.75) is 45.4 Å². The second-order valence-electron chi connectivity index (χ2n) is 35.3. The van der Waals surface area contributed by atoms with Crippen LogP contribution in [0.4, 0.5) is 0 Å². The molecule has 17 aromatic carbocycles. The second-order valence-corrected chi connectivity index (χ2v) is 39.0. The number of nitrogens with zero attached hydrogens (tertiary/aromatic N) is 12. The number of pyridine rings is 4. The van der Waals surface area contributed by atoms with Crippen LogP contribution in [0.3, 0.4) is 0 Å². The molecular formula is C117H76Br4N12. The van der Waals surface area contributed by atoms with Crippen LogP contribution < -0.4 is 0 Å². The largest absolute Gasteiger partial charge is 0.274 e. The summed E-state index contributed by atoms with van der Waals surface area (Å²) >= 11 is 14.6. The summed E-state index contributed by atoms with van der Waals surface area (Å²) in [4.78, 5) is 0. The number of fused-ring (bicyclic) bond motifs is 37. The van der Waals surface area contributed by atoms with Gasteiger partial charge in [0.2, 0.25) is 0 Å². The van der Waals surface area contributed by atoms with Crippen molar-refractivity contribution >= 4 is 173 Å². The van der Waals surface area contributed by atoms with Gasteiger partial charge < -0.3 is 0 Å². The Labute approximate surface area is 798 Å². The van der Waals surface area contributed by atoms with Crippen molar-refractivity contribution in [2.75, 3.05) is 0 Å². The molecule has 0 radical (unpaired) electrons. The molecule has 8 heterocycles. The van der Waals surface area contributed by atoms with Crippen LogP contribution in [0.2, 0.25) is 0 Å². The Morgan fingerprint density at radius 3 is 0.895 bits per heavy atom. The summed E-state index contributed by atoms with van der Waals surface area (Å²) in [5, 5.41) is 51.4. The van der Waals surface area contributed by atoms with E-state index >= 15 is 0 Å². The highest BCUT2D eigenvalue weighted by molar-refractivity contribution is 9.11. The van der Waals surface area contributed by atoms with Crippen molar-refractivity contribution < 1.29 is 0 Å². The molecule has 3 aliphatic carbocycles. The van der Waals surface area contributed by atoms with Gasteiger partial charge in [0.1, 0.15) is 0 Å². The van der Waals surface area contributed by atoms with E-state index in [9.17, 15) is 0 Å². The fraction of sp³-hybridized carbons (Fsp3) is 0.0598. The number of rotatable bonds is 5. The molecule has 0 fully saturated rings. The van der Waals surface area contributed by atoms with Gasteiger partial charge in [0.05, 0.1) is 27.5 Å². The molecular weight excluding hydrogens is 1890 g/mol. The topological polar surface area (TPSA) is 121 Å². The van der Waals surface area contributed by atoms with Crippen molar-refractivity contribution in [3.8, 4) is 90.1 Å². The minimum Gasteiger partial charge on any atom is -0.274 e. The van der Waals surface area contributed by atoms with Crippen LogP contribution in [-0.4, -0.2) is 58.4 Å². The van der Waals surface area contributed by atoms with E-state index in [0.29, 0.717) is 0 Å². The van der Waals surface area contributed by atoms with Gasteiger partial charge in [0, 0.05) is 88.6 Å². The maximum atomic E-state index is 4.87. The first-order valence-electron chi connectivity index (χ1n) is 44.5. The van der Waals surface area contributed by atoms with E-state index in [2.05, 4.69) is 505 Å². The van der Waals surface area contributed by atoms with Crippen molar-refractivity contribution in [1.29, 1.82) is 0 Å². The highest BCUT2D eigenvalue weighted by Crippen LogP contribution is 2.63. The van der Waals surface area contributed by atoms with Gasteiger partial charge in [0.15, 0.2) is 45.9 Å². The number of aryl methyl sites for hydroxylation is 3. The Hall–Kier alpha value is -14.8. The minimum absolute atomic E-state index is 0.0535. The predicted molar refractivity (Wildman–Crippen MR) is 558 cm³/mol. The van der Waals surface area contributed by atoms with Gasteiger partial charge in [-0.3, -0.25) is 17.6 Å². The molecule has 133 heavy (non-hydrogen) atoms. The Kier molecular flexibility index (Phi) is 18.8. The monoisotopic (exact) mass is 1960 g/mol. The van der Waals surface area contributed by atoms with Crippen molar-refractivity contribution in [3.63, 3.8) is 0 Å². The quantitative estimate of drug-likeness (QED) is 0.156. The van der Waals surface area contributed by atoms with Crippen LogP contribution in [0.25, 0.3) is 199 Å². The number of halogens is 4. The van der Waals surface area contributed by atoms with Gasteiger partial charge in [-0.2, -0.15) is 0 Å². The van der Waals surface area contributed by atoms with Crippen molar-refractivity contribution in [3.05, 3.63) is 438 Å². The zero-order valence-electron chi connectivity index (χ0n) is 72.6. The Balaban J connectivity index is 0.0000000966. The summed E-state index contributed by atoms with van der Waals surface area (Å²) in [7, 11) is 0. The maximum Gasteiger partial charge on any atom is 0.169 e. The molecule has 0 saturated heterocycles. The van der Waals surface area contributed by atoms with Crippen LogP contribution in [0.5, 0.6) is 0 Å². The van der Waals surface area contributed by atoms with E-state index in [1.54, 1.807) is 0 Å². The highest BCUT2D eigenvalue weighted by atomic mass is 79.9. The fourth-order valence-electron chi connectivity index (χ4n) is 21.6. The summed E-state index contributed by atoms with van der Waals surface area (Å²) in [6.07, 6.45) is 0. The van der Waals surface area contributed by atoms with Crippen LogP contribution >= 0.6 is 63.7 Å². The molecule has 25 aromatic rings. The van der Waals surface area contributed by atoms with Crippen LogP contribution in [0.15, 0.2) is 388 Å². The van der Waals surface area contributed by atoms with Gasteiger partial charge >= 0.3 is 0 Å². The Morgan fingerprint density at radius 2 is 0.489 bits per heavy atom. The molecule has 0 N–H and O–H groups in total. The first-order valence-corrected chi connectivity index (χ1v) is 47.6. The predicted octanol–water partition coefficient (Wildman–Crippen LogP) is 31.1. The average molecular weight is 1970 g/mol. The van der Waals surface area contributed by atoms with Gasteiger partial charge in [0.25, 0.3) is 0 Å². The first-order chi connectivity index (χ1) is 65.1. The normalized spacial score (nSPS) is 13.0. The van der Waals surface area contributed by atoms with Crippen molar-refractivity contribution in [1.82, 2.24) is 58.4 Å². The molecule has 0 bridgehead atoms. The second kappa shape index (κ2) is 31.2. The van der Waals surface area contributed by atoms with Crippen LogP contribution in [-0.2, 0) is 10.8 Å². The molecule has 0 unspecified atom stereocenters. The number of hydrogen-bond donors (Lipinski definition) is 0. The average Bonchev–Trinajstić information content (AvgIpc) is 1.51. The lowest BCUT2D eigenvalue weighted by atomic mass is 9.70. The number of aromatic nitrogens is 12. The molecule has 1 spiro atoms. The van der Waals surface area contributed by atoms with Gasteiger partial charge in [-0.1, -0.05) is 357 Å². The number of benzene rings is 17. The smallest absolute Gasteiger partial charge is 0.169 e. The third-order valence-corrected chi connectivity index (χ3v) is 29.7. The molecule has 0 amide bonds. The molecule has 8 aromatic heterocycles. The Bertz CT molecular complexity index is 9200. The first kappa shape index (κ1) is 80.3. The molecule has 632 valence electrons. The van der Waals surface area contributed by atoms with E-state index in [4.69, 9.17) is 15.3 Å². The van der Waals surface area contributed by atoms with Gasteiger partial charge in [-0.25, -0.2) is 0 Å².